The zero-order valence-corrected chi connectivity index (χ0v) is 34.7. The maximum atomic E-state index is 13.5. The van der Waals surface area contributed by atoms with Crippen molar-refractivity contribution in [1.29, 1.82) is 0 Å². The summed E-state index contributed by atoms with van der Waals surface area (Å²) in [7, 11) is 0. The van der Waals surface area contributed by atoms with Crippen molar-refractivity contribution in [3.05, 3.63) is 0 Å². The van der Waals surface area contributed by atoms with Gasteiger partial charge in [-0.05, 0) is 82.0 Å². The maximum absolute atomic E-state index is 13.5. The Bertz CT molecular complexity index is 927. The summed E-state index contributed by atoms with van der Waals surface area (Å²) in [5, 5.41) is 9.93. The Kier molecular flexibility index (Phi) is 26.8. The number of Topliss-reactive ketones (excluding diaryl/α,β-unsaturated/α-hetero) is 1. The van der Waals surface area contributed by atoms with E-state index in [0.29, 0.717) is 49.5 Å². The molecule has 0 aliphatic carbocycles. The van der Waals surface area contributed by atoms with E-state index in [4.69, 9.17) is 4.74 Å². The monoisotopic (exact) mass is 733 g/mol. The third-order valence-corrected chi connectivity index (χ3v) is 12.1. The molecular formula is C45H84N2O5. The van der Waals surface area contributed by atoms with E-state index in [-0.39, 0.29) is 23.9 Å². The van der Waals surface area contributed by atoms with Crippen molar-refractivity contribution in [2.45, 2.75) is 207 Å². The van der Waals surface area contributed by atoms with Gasteiger partial charge in [-0.1, -0.05) is 118 Å². The molecule has 2 aliphatic rings. The van der Waals surface area contributed by atoms with Gasteiger partial charge < -0.3 is 19.6 Å². The predicted molar refractivity (Wildman–Crippen MR) is 216 cm³/mol. The van der Waals surface area contributed by atoms with Crippen LogP contribution in [0.3, 0.4) is 0 Å². The first-order valence-corrected chi connectivity index (χ1v) is 22.7. The molecule has 1 amide bonds. The highest BCUT2D eigenvalue weighted by Crippen LogP contribution is 2.31. The van der Waals surface area contributed by atoms with Gasteiger partial charge in [0.2, 0.25) is 5.91 Å². The van der Waals surface area contributed by atoms with Crippen LogP contribution in [0.2, 0.25) is 0 Å². The number of unbranched alkanes of at least 4 members (excludes halogenated alkanes) is 10. The molecule has 0 radical (unpaired) electrons. The molecule has 2 saturated heterocycles. The summed E-state index contributed by atoms with van der Waals surface area (Å²) in [5.74, 6) is 2.29. The van der Waals surface area contributed by atoms with Crippen LogP contribution in [0.4, 0.5) is 0 Å². The Hall–Kier alpha value is -1.47. The number of carbonyl (C=O) groups is 3. The minimum absolute atomic E-state index is 0.0596. The Balaban J connectivity index is 1.83. The number of ketones is 1. The standard InChI is InChI=1S/C45H84N2O5/c1-5-9-13-16-22-38(21-11-7-3)37-52-45(51)28-20-24-40-33-39(34-47(35-40)44(50)30-32-46-31-29-42(48)36-46)23-17-15-19-27-43(49)41(25-12-8-4)26-18-14-10-6-2/h38-42,48H,5-37H2,1-4H3. The summed E-state index contributed by atoms with van der Waals surface area (Å²) in [6.45, 7) is 13.4. The molecule has 5 atom stereocenters. The van der Waals surface area contributed by atoms with Gasteiger partial charge in [0.1, 0.15) is 5.78 Å². The van der Waals surface area contributed by atoms with Crippen LogP contribution in [0, 0.1) is 23.7 Å². The van der Waals surface area contributed by atoms with Gasteiger partial charge in [0, 0.05) is 57.9 Å². The number of β-amino-alcohol motifs (C(OH)–C–C–N with tert-alkyl or cyclic N) is 1. The van der Waals surface area contributed by atoms with Crippen molar-refractivity contribution in [2.24, 2.45) is 23.7 Å². The van der Waals surface area contributed by atoms with Crippen molar-refractivity contribution in [2.75, 3.05) is 39.3 Å². The van der Waals surface area contributed by atoms with E-state index in [9.17, 15) is 19.5 Å². The zero-order chi connectivity index (χ0) is 37.8. The van der Waals surface area contributed by atoms with Gasteiger partial charge in [-0.3, -0.25) is 14.4 Å². The largest absolute Gasteiger partial charge is 0.465 e. The maximum Gasteiger partial charge on any atom is 0.305 e. The van der Waals surface area contributed by atoms with Gasteiger partial charge in [0.05, 0.1) is 12.7 Å². The number of hydrogen-bond acceptors (Lipinski definition) is 6. The van der Waals surface area contributed by atoms with E-state index in [2.05, 4.69) is 37.5 Å². The molecule has 304 valence electrons. The molecule has 2 aliphatic heterocycles. The number of aliphatic hydroxyl groups excluding tert-OH is 1. The SMILES string of the molecule is CCCCCCC(CCCC)COC(=O)CCCC1CC(CCCCCC(=O)C(CCCC)CCCCCC)CN(C(=O)CCN2CCC(O)C2)C1. The van der Waals surface area contributed by atoms with Gasteiger partial charge in [0.25, 0.3) is 0 Å². The molecular weight excluding hydrogens is 649 g/mol. The van der Waals surface area contributed by atoms with E-state index in [1.54, 1.807) is 0 Å². The Morgan fingerprint density at radius 1 is 0.654 bits per heavy atom. The minimum atomic E-state index is -0.262. The van der Waals surface area contributed by atoms with Crippen LogP contribution in [0.15, 0.2) is 0 Å². The number of rotatable bonds is 32. The van der Waals surface area contributed by atoms with Crippen LogP contribution in [0.5, 0.6) is 0 Å². The fourth-order valence-electron chi connectivity index (χ4n) is 8.70. The fraction of sp³-hybridized carbons (Fsp3) is 0.933. The van der Waals surface area contributed by atoms with Crippen molar-refractivity contribution in [1.82, 2.24) is 9.80 Å². The van der Waals surface area contributed by atoms with Crippen LogP contribution in [-0.4, -0.2) is 78.0 Å². The number of likely N-dealkylation sites (tertiary alicyclic amines) is 2. The van der Waals surface area contributed by atoms with Crippen molar-refractivity contribution in [3.63, 3.8) is 0 Å². The Labute approximate surface area is 321 Å². The lowest BCUT2D eigenvalue weighted by Crippen LogP contribution is -2.45. The van der Waals surface area contributed by atoms with Gasteiger partial charge >= 0.3 is 5.97 Å². The quantitative estimate of drug-likeness (QED) is 0.0547. The first kappa shape index (κ1) is 46.7. The summed E-state index contributed by atoms with van der Waals surface area (Å²) >= 11 is 0. The van der Waals surface area contributed by atoms with E-state index in [1.165, 1.54) is 64.2 Å². The van der Waals surface area contributed by atoms with Gasteiger partial charge in [-0.2, -0.15) is 0 Å². The lowest BCUT2D eigenvalue weighted by atomic mass is 9.83. The molecule has 7 heteroatoms. The summed E-state index contributed by atoms with van der Waals surface area (Å²) in [6, 6.07) is 0. The summed E-state index contributed by atoms with van der Waals surface area (Å²) in [5.41, 5.74) is 0. The van der Waals surface area contributed by atoms with Gasteiger partial charge in [-0.15, -0.1) is 0 Å². The van der Waals surface area contributed by atoms with Crippen molar-refractivity contribution in [3.8, 4) is 0 Å². The first-order chi connectivity index (χ1) is 25.3. The van der Waals surface area contributed by atoms with Crippen LogP contribution in [0.25, 0.3) is 0 Å². The highest BCUT2D eigenvalue weighted by Gasteiger charge is 2.30. The van der Waals surface area contributed by atoms with Gasteiger partial charge in [-0.25, -0.2) is 0 Å². The Morgan fingerprint density at radius 3 is 1.90 bits per heavy atom. The smallest absolute Gasteiger partial charge is 0.305 e. The summed E-state index contributed by atoms with van der Waals surface area (Å²) in [6.07, 6.45) is 28.5. The van der Waals surface area contributed by atoms with E-state index in [0.717, 1.165) is 122 Å². The molecule has 5 unspecified atom stereocenters. The molecule has 2 heterocycles. The highest BCUT2D eigenvalue weighted by atomic mass is 16.5. The first-order valence-electron chi connectivity index (χ1n) is 22.7. The summed E-state index contributed by atoms with van der Waals surface area (Å²) < 4.78 is 5.82. The number of ether oxygens (including phenoxy) is 1. The van der Waals surface area contributed by atoms with Crippen LogP contribution in [0.1, 0.15) is 201 Å². The van der Waals surface area contributed by atoms with E-state index >= 15 is 0 Å². The molecule has 0 saturated carbocycles. The average molecular weight is 733 g/mol. The summed E-state index contributed by atoms with van der Waals surface area (Å²) in [4.78, 5) is 43.7. The number of esters is 1. The topological polar surface area (TPSA) is 87.2 Å². The van der Waals surface area contributed by atoms with Crippen LogP contribution in [-0.2, 0) is 19.1 Å². The van der Waals surface area contributed by atoms with Crippen LogP contribution >= 0.6 is 0 Å². The predicted octanol–water partition coefficient (Wildman–Crippen LogP) is 10.7. The van der Waals surface area contributed by atoms with Crippen molar-refractivity contribution >= 4 is 17.7 Å². The third-order valence-electron chi connectivity index (χ3n) is 12.1. The molecule has 0 aromatic carbocycles. The molecule has 1 N–H and O–H groups in total. The second-order valence-corrected chi connectivity index (χ2v) is 16.9. The molecule has 2 fully saturated rings. The normalized spacial score (nSPS) is 20.6. The molecule has 7 nitrogen and oxygen atoms in total. The number of hydrogen-bond donors (Lipinski definition) is 1. The van der Waals surface area contributed by atoms with Crippen molar-refractivity contribution < 1.29 is 24.2 Å². The average Bonchev–Trinajstić information content (AvgIpc) is 3.57. The molecule has 0 bridgehead atoms. The molecule has 52 heavy (non-hydrogen) atoms. The van der Waals surface area contributed by atoms with Gasteiger partial charge in [0.15, 0.2) is 0 Å². The Morgan fingerprint density at radius 2 is 1.25 bits per heavy atom. The van der Waals surface area contributed by atoms with E-state index < -0.39 is 0 Å². The molecule has 0 spiro atoms. The minimum Gasteiger partial charge on any atom is -0.465 e. The van der Waals surface area contributed by atoms with Crippen LogP contribution < -0.4 is 0 Å². The number of amides is 1. The molecule has 0 aromatic heterocycles. The number of piperidine rings is 1. The number of carbonyl (C=O) groups excluding carboxylic acids is 3. The second kappa shape index (κ2) is 29.8. The second-order valence-electron chi connectivity index (χ2n) is 16.9. The zero-order valence-electron chi connectivity index (χ0n) is 34.7. The number of aliphatic hydroxyl groups is 1. The third kappa shape index (κ3) is 21.4. The molecule has 2 rings (SSSR count). The highest BCUT2D eigenvalue weighted by molar-refractivity contribution is 5.80. The molecule has 0 aromatic rings. The lowest BCUT2D eigenvalue weighted by Gasteiger charge is -2.38. The lowest BCUT2D eigenvalue weighted by molar-refractivity contribution is -0.145. The number of nitrogens with zero attached hydrogens (tertiary/aromatic N) is 2. The fourth-order valence-corrected chi connectivity index (χ4v) is 8.70. The van der Waals surface area contributed by atoms with E-state index in [1.807, 2.05) is 0 Å².